The maximum Gasteiger partial charge on any atom is 0.573 e. The summed E-state index contributed by atoms with van der Waals surface area (Å²) in [4.78, 5) is 53.9. The molecule has 0 bridgehead atoms. The van der Waals surface area contributed by atoms with E-state index in [1.54, 1.807) is 12.1 Å². The molecule has 3 aliphatic rings. The van der Waals surface area contributed by atoms with Crippen LogP contribution in [0.5, 0.6) is 5.75 Å². The zero-order chi connectivity index (χ0) is 40.3. The molecule has 1 aromatic heterocycles. The second kappa shape index (κ2) is 16.9. The summed E-state index contributed by atoms with van der Waals surface area (Å²) in [6, 6.07) is 14.4. The fourth-order valence-corrected chi connectivity index (χ4v) is 6.89. The number of aromatic amines is 1. The number of aliphatic hydroxyl groups excluding tert-OH is 3. The van der Waals surface area contributed by atoms with E-state index in [0.717, 1.165) is 65.7 Å². The number of alkyl halides is 3. The van der Waals surface area contributed by atoms with Crippen molar-refractivity contribution in [1.29, 1.82) is 0 Å². The molecule has 3 aromatic rings. The highest BCUT2D eigenvalue weighted by molar-refractivity contribution is 5.91. The molecular formula is C36H40F3N5O12. The molecule has 0 saturated carbocycles. The Hall–Kier alpha value is -5.25. The van der Waals surface area contributed by atoms with Gasteiger partial charge in [-0.25, -0.2) is 4.79 Å². The maximum absolute atomic E-state index is 13.1. The third-order valence-electron chi connectivity index (χ3n) is 9.76. The lowest BCUT2D eigenvalue weighted by atomic mass is 9.89. The molecule has 56 heavy (non-hydrogen) atoms. The van der Waals surface area contributed by atoms with E-state index >= 15 is 0 Å². The van der Waals surface area contributed by atoms with E-state index in [4.69, 9.17) is 24.7 Å². The van der Waals surface area contributed by atoms with Crippen LogP contribution in [-0.4, -0.2) is 106 Å². The fraction of sp³-hybridized carbons (Fsp3) is 0.444. The number of carbonyl (C=O) groups excluding carboxylic acids is 2. The van der Waals surface area contributed by atoms with Gasteiger partial charge in [0.2, 0.25) is 12.2 Å². The SMILES string of the molecule is COC1C(O)C(n2ccc(=O)[nH]c2=O)OC1C(OC1OC(C(=O)NCc2ccc(N3CCC(c4ccc(OC(F)(F)F)cc4)CC3)cc2)=CC(O)C1O)C(N)=O. The summed E-state index contributed by atoms with van der Waals surface area (Å²) in [6.07, 6.45) is -14.1. The number of hydrogen-bond acceptors (Lipinski definition) is 13. The summed E-state index contributed by atoms with van der Waals surface area (Å²) in [5.41, 5.74) is 6.57. The molecule has 2 saturated heterocycles. The molecule has 2 aromatic carbocycles. The summed E-state index contributed by atoms with van der Waals surface area (Å²) < 4.78 is 64.6. The van der Waals surface area contributed by atoms with E-state index in [0.29, 0.717) is 0 Å². The number of aliphatic hydroxyl groups is 3. The zero-order valence-electron chi connectivity index (χ0n) is 29.7. The molecular weight excluding hydrogens is 751 g/mol. The van der Waals surface area contributed by atoms with Gasteiger partial charge in [-0.2, -0.15) is 0 Å². The normalized spacial score (nSPS) is 26.2. The molecule has 302 valence electrons. The lowest BCUT2D eigenvalue weighted by Crippen LogP contribution is -2.54. The average Bonchev–Trinajstić information content (AvgIpc) is 3.48. The summed E-state index contributed by atoms with van der Waals surface area (Å²) in [5.74, 6) is -2.47. The fourth-order valence-electron chi connectivity index (χ4n) is 6.89. The first-order valence-corrected chi connectivity index (χ1v) is 17.5. The number of H-pyrrole nitrogens is 1. The number of benzene rings is 2. The van der Waals surface area contributed by atoms with Crippen LogP contribution in [0.3, 0.4) is 0 Å². The standard InChI is InChI=1S/C36H40F3N5O12/c1-52-28-27(48)33(44-15-12-25(46)42-35(44)51)54-29(28)30(31(40)49)55-34-26(47)23(45)16-24(53-34)32(50)41-17-18-2-6-21(7-3-18)43-13-10-20(11-14-43)19-4-8-22(9-5-19)56-36(37,38)39/h2-9,12,15-16,20,23,26-30,33-34,45,47-48H,10-11,13-14,17H2,1H3,(H2,40,49)(H,41,50)(H,42,46,51). The minimum Gasteiger partial charge on any atom is -0.456 e. The Morgan fingerprint density at radius 1 is 1.02 bits per heavy atom. The Morgan fingerprint density at radius 2 is 1.70 bits per heavy atom. The summed E-state index contributed by atoms with van der Waals surface area (Å²) in [7, 11) is 1.19. The van der Waals surface area contributed by atoms with Crippen LogP contribution < -0.4 is 31.9 Å². The van der Waals surface area contributed by atoms with Crippen LogP contribution in [0, 0.1) is 0 Å². The van der Waals surface area contributed by atoms with Gasteiger partial charge in [-0.3, -0.25) is 23.9 Å². The summed E-state index contributed by atoms with van der Waals surface area (Å²) in [5, 5.41) is 34.8. The Balaban J connectivity index is 1.03. The molecule has 20 heteroatoms. The van der Waals surface area contributed by atoms with E-state index in [1.165, 1.54) is 19.2 Å². The van der Waals surface area contributed by atoms with Gasteiger partial charge in [-0.15, -0.1) is 13.2 Å². The summed E-state index contributed by atoms with van der Waals surface area (Å²) >= 11 is 0. The van der Waals surface area contributed by atoms with Crippen LogP contribution in [0.15, 0.2) is 82.2 Å². The number of aromatic nitrogens is 2. The molecule has 2 amide bonds. The minimum atomic E-state index is -4.75. The van der Waals surface area contributed by atoms with Crippen molar-refractivity contribution in [3.8, 4) is 5.75 Å². The molecule has 8 atom stereocenters. The molecule has 6 rings (SSSR count). The lowest BCUT2D eigenvalue weighted by molar-refractivity contribution is -0.274. The van der Waals surface area contributed by atoms with E-state index in [1.807, 2.05) is 29.2 Å². The van der Waals surface area contributed by atoms with Crippen molar-refractivity contribution in [3.05, 3.63) is 105 Å². The average molecular weight is 792 g/mol. The molecule has 2 fully saturated rings. The number of methoxy groups -OCH3 is 1. The number of halogens is 3. The van der Waals surface area contributed by atoms with Crippen molar-refractivity contribution >= 4 is 17.5 Å². The van der Waals surface area contributed by atoms with Crippen molar-refractivity contribution < 1.29 is 61.8 Å². The number of anilines is 1. The van der Waals surface area contributed by atoms with Crippen LogP contribution in [0.1, 0.15) is 36.1 Å². The molecule has 4 heterocycles. The third kappa shape index (κ3) is 9.23. The number of nitrogens with one attached hydrogen (secondary N) is 2. The number of carbonyl (C=O) groups is 2. The van der Waals surface area contributed by atoms with Gasteiger partial charge in [0.25, 0.3) is 11.5 Å². The Morgan fingerprint density at radius 3 is 2.30 bits per heavy atom. The summed E-state index contributed by atoms with van der Waals surface area (Å²) in [6.45, 7) is 1.48. The number of amides is 2. The lowest BCUT2D eigenvalue weighted by Gasteiger charge is -2.35. The van der Waals surface area contributed by atoms with Crippen LogP contribution in [0.2, 0.25) is 0 Å². The predicted molar refractivity (Wildman–Crippen MR) is 187 cm³/mol. The largest absolute Gasteiger partial charge is 0.573 e. The molecule has 7 N–H and O–H groups in total. The van der Waals surface area contributed by atoms with Gasteiger partial charge < -0.3 is 55.0 Å². The van der Waals surface area contributed by atoms with Gasteiger partial charge in [-0.05, 0) is 60.2 Å². The monoisotopic (exact) mass is 791 g/mol. The molecule has 0 spiro atoms. The van der Waals surface area contributed by atoms with Crippen LogP contribution in [-0.2, 0) is 35.1 Å². The van der Waals surface area contributed by atoms with Crippen molar-refractivity contribution in [2.45, 2.75) is 80.8 Å². The zero-order valence-corrected chi connectivity index (χ0v) is 29.7. The van der Waals surface area contributed by atoms with Crippen molar-refractivity contribution in [3.63, 3.8) is 0 Å². The topological polar surface area (TPSA) is 237 Å². The highest BCUT2D eigenvalue weighted by atomic mass is 19.4. The van der Waals surface area contributed by atoms with Crippen molar-refractivity contribution in [2.75, 3.05) is 25.1 Å². The Kier molecular flexibility index (Phi) is 12.2. The van der Waals surface area contributed by atoms with E-state index in [9.17, 15) is 47.7 Å². The second-order valence-electron chi connectivity index (χ2n) is 13.4. The highest BCUT2D eigenvalue weighted by Gasteiger charge is 2.52. The van der Waals surface area contributed by atoms with Gasteiger partial charge in [0, 0.05) is 44.7 Å². The molecule has 17 nitrogen and oxygen atoms in total. The first kappa shape index (κ1) is 40.4. The van der Waals surface area contributed by atoms with Gasteiger partial charge in [0.05, 0.1) is 0 Å². The van der Waals surface area contributed by atoms with Crippen molar-refractivity contribution in [2.24, 2.45) is 5.73 Å². The second-order valence-corrected chi connectivity index (χ2v) is 13.4. The van der Waals surface area contributed by atoms with Crippen LogP contribution in [0.25, 0.3) is 0 Å². The number of nitrogens with two attached hydrogens (primary N) is 1. The third-order valence-corrected chi connectivity index (χ3v) is 9.76. The Labute approximate surface area is 316 Å². The molecule has 0 radical (unpaired) electrons. The number of hydrogen-bond donors (Lipinski definition) is 6. The number of primary amides is 1. The highest BCUT2D eigenvalue weighted by Crippen LogP contribution is 2.35. The van der Waals surface area contributed by atoms with Crippen molar-refractivity contribution in [1.82, 2.24) is 14.9 Å². The molecule has 0 aliphatic carbocycles. The first-order valence-electron chi connectivity index (χ1n) is 17.5. The first-order chi connectivity index (χ1) is 26.6. The van der Waals surface area contributed by atoms with Gasteiger partial charge in [0.15, 0.2) is 18.1 Å². The maximum atomic E-state index is 13.1. The molecule has 8 unspecified atom stereocenters. The number of nitrogens with zero attached hydrogens (tertiary/aromatic N) is 2. The van der Waals surface area contributed by atoms with E-state index in [-0.39, 0.29) is 18.2 Å². The van der Waals surface area contributed by atoms with Crippen LogP contribution >= 0.6 is 0 Å². The van der Waals surface area contributed by atoms with E-state index in [2.05, 4.69) is 15.0 Å². The smallest absolute Gasteiger partial charge is 0.456 e. The number of piperidine rings is 1. The van der Waals surface area contributed by atoms with Gasteiger partial charge in [-0.1, -0.05) is 24.3 Å². The van der Waals surface area contributed by atoms with Gasteiger partial charge >= 0.3 is 12.1 Å². The molecule has 3 aliphatic heterocycles. The predicted octanol–water partition coefficient (Wildman–Crippen LogP) is 0.241. The number of ether oxygens (including phenoxy) is 5. The Bertz CT molecular complexity index is 2000. The minimum absolute atomic E-state index is 0.0405. The number of rotatable bonds is 12. The van der Waals surface area contributed by atoms with E-state index < -0.39 is 84.3 Å². The van der Waals surface area contributed by atoms with Gasteiger partial charge in [0.1, 0.15) is 36.3 Å². The van der Waals surface area contributed by atoms with Crippen LogP contribution in [0.4, 0.5) is 18.9 Å². The quantitative estimate of drug-likeness (QED) is 0.144.